The predicted molar refractivity (Wildman–Crippen MR) is 129 cm³/mol. The molecule has 156 valence electrons. The fraction of sp³-hybridized carbons (Fsp3) is 0.172. The molecule has 0 amide bonds. The molecule has 3 nitrogen and oxygen atoms in total. The van der Waals surface area contributed by atoms with Gasteiger partial charge in [-0.2, -0.15) is 0 Å². The fourth-order valence-electron chi connectivity index (χ4n) is 5.23. The van der Waals surface area contributed by atoms with Crippen LogP contribution in [0.15, 0.2) is 78.9 Å². The van der Waals surface area contributed by atoms with Gasteiger partial charge in [-0.25, -0.2) is 0 Å². The smallest absolute Gasteiger partial charge is 0.194 e. The number of nitrogens with zero attached hydrogens (tertiary/aromatic N) is 1. The molecule has 1 saturated heterocycles. The number of benzene rings is 4. The van der Waals surface area contributed by atoms with Crippen molar-refractivity contribution in [2.75, 3.05) is 18.0 Å². The Hall–Kier alpha value is -3.72. The maximum atomic E-state index is 13.6. The fourth-order valence-corrected chi connectivity index (χ4v) is 5.23. The standard InChI is InChI=1S/C29H23NO2/c31-28(19-8-3-1-4-9-19)20-12-13-21-22-14-15-26(30-16-5-2-6-17-30)23-10-7-11-24(27(22)23)29(32)25(21)18-20/h1,3-4,7-15,18H,2,5-6,16-17H2. The molecule has 0 radical (unpaired) electrons. The van der Waals surface area contributed by atoms with Crippen molar-refractivity contribution in [3.05, 3.63) is 101 Å². The second-order valence-corrected chi connectivity index (χ2v) is 8.69. The molecule has 0 spiro atoms. The van der Waals surface area contributed by atoms with Crippen LogP contribution >= 0.6 is 0 Å². The molecule has 0 atom stereocenters. The van der Waals surface area contributed by atoms with Gasteiger partial charge >= 0.3 is 0 Å². The van der Waals surface area contributed by atoms with Gasteiger partial charge in [-0.1, -0.05) is 66.7 Å². The summed E-state index contributed by atoms with van der Waals surface area (Å²) < 4.78 is 0. The van der Waals surface area contributed by atoms with Gasteiger partial charge in [0.05, 0.1) is 0 Å². The molecule has 0 bridgehead atoms. The Kier molecular flexibility index (Phi) is 4.43. The number of rotatable bonds is 3. The van der Waals surface area contributed by atoms with E-state index in [0.717, 1.165) is 40.6 Å². The van der Waals surface area contributed by atoms with Crippen molar-refractivity contribution in [3.63, 3.8) is 0 Å². The van der Waals surface area contributed by atoms with Gasteiger partial charge < -0.3 is 4.90 Å². The van der Waals surface area contributed by atoms with Crippen molar-refractivity contribution in [3.8, 4) is 11.1 Å². The summed E-state index contributed by atoms with van der Waals surface area (Å²) in [7, 11) is 0. The predicted octanol–water partition coefficient (Wildman–Crippen LogP) is 6.27. The Balaban J connectivity index is 1.51. The quantitative estimate of drug-likeness (QED) is 0.325. The van der Waals surface area contributed by atoms with Crippen LogP contribution in [0.2, 0.25) is 0 Å². The molecule has 0 unspecified atom stereocenters. The van der Waals surface area contributed by atoms with Crippen LogP contribution in [0.3, 0.4) is 0 Å². The Bertz CT molecular complexity index is 1380. The van der Waals surface area contributed by atoms with Crippen molar-refractivity contribution >= 4 is 28.0 Å². The average Bonchev–Trinajstić information content (AvgIpc) is 2.87. The Morgan fingerprint density at radius 3 is 2.25 bits per heavy atom. The lowest BCUT2D eigenvalue weighted by atomic mass is 9.81. The number of ketones is 2. The SMILES string of the molecule is O=C(c1ccccc1)c1ccc2c(c1)C(=O)c1cccc3c(N4CCCCC4)ccc-2c13. The number of hydrogen-bond acceptors (Lipinski definition) is 3. The Morgan fingerprint density at radius 2 is 1.44 bits per heavy atom. The molecule has 0 aromatic heterocycles. The minimum absolute atomic E-state index is 0.00314. The van der Waals surface area contributed by atoms with Crippen LogP contribution in [0.4, 0.5) is 5.69 Å². The first kappa shape index (κ1) is 19.0. The van der Waals surface area contributed by atoms with E-state index in [0.29, 0.717) is 16.7 Å². The first-order valence-corrected chi connectivity index (χ1v) is 11.3. The third-order valence-corrected chi connectivity index (χ3v) is 6.81. The third kappa shape index (κ3) is 2.89. The minimum atomic E-state index is -0.0642. The van der Waals surface area contributed by atoms with Crippen molar-refractivity contribution < 1.29 is 9.59 Å². The lowest BCUT2D eigenvalue weighted by Crippen LogP contribution is -2.29. The van der Waals surface area contributed by atoms with Gasteiger partial charge in [0.25, 0.3) is 0 Å². The van der Waals surface area contributed by atoms with Gasteiger partial charge in [0, 0.05) is 51.8 Å². The number of hydrogen-bond donors (Lipinski definition) is 0. The first-order valence-electron chi connectivity index (χ1n) is 11.3. The lowest BCUT2D eigenvalue weighted by Gasteiger charge is -2.31. The van der Waals surface area contributed by atoms with E-state index >= 15 is 0 Å². The molecular weight excluding hydrogens is 394 g/mol. The van der Waals surface area contributed by atoms with Gasteiger partial charge in [-0.15, -0.1) is 0 Å². The van der Waals surface area contributed by atoms with Crippen molar-refractivity contribution in [2.24, 2.45) is 0 Å². The van der Waals surface area contributed by atoms with Gasteiger partial charge in [-0.05, 0) is 42.5 Å². The summed E-state index contributed by atoms with van der Waals surface area (Å²) in [4.78, 5) is 29.0. The molecule has 0 N–H and O–H groups in total. The molecular formula is C29H23NO2. The summed E-state index contributed by atoms with van der Waals surface area (Å²) in [5, 5.41) is 2.18. The molecule has 6 rings (SSSR count). The molecule has 1 fully saturated rings. The van der Waals surface area contributed by atoms with Crippen LogP contribution in [0.1, 0.15) is 51.1 Å². The summed E-state index contributed by atoms with van der Waals surface area (Å²) in [5.74, 6) is -0.0674. The lowest BCUT2D eigenvalue weighted by molar-refractivity contribution is 0.103. The molecule has 3 heteroatoms. The Labute approximate surface area is 187 Å². The number of anilines is 1. The summed E-state index contributed by atoms with van der Waals surface area (Å²) in [5.41, 5.74) is 5.72. The second-order valence-electron chi connectivity index (χ2n) is 8.69. The molecule has 1 heterocycles. The van der Waals surface area contributed by atoms with Crippen molar-refractivity contribution in [1.82, 2.24) is 0 Å². The summed E-state index contributed by atoms with van der Waals surface area (Å²) in [6, 6.07) is 25.2. The number of fused-ring (bicyclic) bond motifs is 2. The monoisotopic (exact) mass is 417 g/mol. The van der Waals surface area contributed by atoms with Crippen molar-refractivity contribution in [2.45, 2.75) is 19.3 Å². The van der Waals surface area contributed by atoms with E-state index in [1.54, 1.807) is 6.07 Å². The normalized spacial score (nSPS) is 15.0. The molecule has 0 saturated carbocycles. The van der Waals surface area contributed by atoms with Gasteiger partial charge in [0.1, 0.15) is 0 Å². The van der Waals surface area contributed by atoms with Gasteiger partial charge in [-0.3, -0.25) is 9.59 Å². The zero-order valence-corrected chi connectivity index (χ0v) is 17.8. The second kappa shape index (κ2) is 7.45. The Morgan fingerprint density at radius 1 is 0.656 bits per heavy atom. The van der Waals surface area contributed by atoms with E-state index in [1.807, 2.05) is 54.6 Å². The van der Waals surface area contributed by atoms with E-state index in [1.165, 1.54) is 24.9 Å². The van der Waals surface area contributed by atoms with Crippen LogP contribution in [0, 0.1) is 0 Å². The molecule has 4 aromatic carbocycles. The number of carbonyl (C=O) groups is 2. The van der Waals surface area contributed by atoms with Gasteiger partial charge in [0.2, 0.25) is 0 Å². The van der Waals surface area contributed by atoms with Crippen LogP contribution in [-0.2, 0) is 0 Å². The van der Waals surface area contributed by atoms with Crippen LogP contribution in [-0.4, -0.2) is 24.7 Å². The highest BCUT2D eigenvalue weighted by Gasteiger charge is 2.28. The molecule has 4 aromatic rings. The van der Waals surface area contributed by atoms with E-state index in [4.69, 9.17) is 0 Å². The third-order valence-electron chi connectivity index (χ3n) is 6.81. The van der Waals surface area contributed by atoms with E-state index < -0.39 is 0 Å². The van der Waals surface area contributed by atoms with E-state index in [-0.39, 0.29) is 11.6 Å². The zero-order valence-electron chi connectivity index (χ0n) is 17.8. The molecule has 2 aliphatic rings. The largest absolute Gasteiger partial charge is 0.371 e. The zero-order chi connectivity index (χ0) is 21.7. The van der Waals surface area contributed by atoms with Crippen LogP contribution < -0.4 is 4.90 Å². The molecule has 32 heavy (non-hydrogen) atoms. The average molecular weight is 418 g/mol. The summed E-state index contributed by atoms with van der Waals surface area (Å²) >= 11 is 0. The maximum absolute atomic E-state index is 13.6. The molecule has 1 aliphatic heterocycles. The first-order chi connectivity index (χ1) is 15.7. The highest BCUT2D eigenvalue weighted by molar-refractivity contribution is 6.27. The van der Waals surface area contributed by atoms with Crippen LogP contribution in [0.25, 0.3) is 21.9 Å². The minimum Gasteiger partial charge on any atom is -0.371 e. The molecule has 1 aliphatic carbocycles. The van der Waals surface area contributed by atoms with E-state index in [2.05, 4.69) is 23.1 Å². The summed E-state index contributed by atoms with van der Waals surface area (Å²) in [6.07, 6.45) is 3.71. The summed E-state index contributed by atoms with van der Waals surface area (Å²) in [6.45, 7) is 2.13. The van der Waals surface area contributed by atoms with Crippen LogP contribution in [0.5, 0.6) is 0 Å². The highest BCUT2D eigenvalue weighted by Crippen LogP contribution is 2.43. The van der Waals surface area contributed by atoms with Gasteiger partial charge in [0.15, 0.2) is 11.6 Å². The maximum Gasteiger partial charge on any atom is 0.194 e. The van der Waals surface area contributed by atoms with Crippen molar-refractivity contribution in [1.29, 1.82) is 0 Å². The van der Waals surface area contributed by atoms with E-state index in [9.17, 15) is 9.59 Å². The number of piperidine rings is 1. The topological polar surface area (TPSA) is 37.4 Å². The highest BCUT2D eigenvalue weighted by atomic mass is 16.1. The number of carbonyl (C=O) groups excluding carboxylic acids is 2.